The zero-order valence-electron chi connectivity index (χ0n) is 45.5. The number of fused-ring (bicyclic) bond motifs is 6. The van der Waals surface area contributed by atoms with Gasteiger partial charge in [0.2, 0.25) is 19.5 Å². The van der Waals surface area contributed by atoms with Gasteiger partial charge in [0.1, 0.15) is 11.5 Å². The van der Waals surface area contributed by atoms with Crippen LogP contribution in [0.15, 0.2) is 47.9 Å². The molecule has 10 atom stereocenters. The Labute approximate surface area is 452 Å². The molecule has 21 nitrogen and oxygen atoms in total. The molecule has 0 bridgehead atoms. The van der Waals surface area contributed by atoms with E-state index in [4.69, 9.17) is 47.4 Å². The molecule has 6 aliphatic heterocycles. The molecule has 0 radical (unpaired) electrons. The largest absolute Gasteiger partial charge is 0.497 e. The Bertz CT molecular complexity index is 2820. The average Bonchev–Trinajstić information content (AvgIpc) is 4.36. The molecule has 2 saturated heterocycles. The van der Waals surface area contributed by atoms with Gasteiger partial charge < -0.3 is 72.7 Å². The zero-order chi connectivity index (χ0) is 55.9. The van der Waals surface area contributed by atoms with E-state index in [1.165, 1.54) is 28.1 Å². The maximum Gasteiger partial charge on any atom is 0.339 e. The summed E-state index contributed by atoms with van der Waals surface area (Å²) in [6.45, 7) is 6.99. The highest BCUT2D eigenvalue weighted by atomic mass is 16.7. The van der Waals surface area contributed by atoms with E-state index in [0.717, 1.165) is 36.5 Å². The van der Waals surface area contributed by atoms with Crippen molar-refractivity contribution in [2.24, 2.45) is 5.92 Å². The summed E-state index contributed by atoms with van der Waals surface area (Å²) >= 11 is 0. The normalized spacial score (nSPS) is 28.9. The fraction of sp³-hybridized carbons (Fsp3) is 0.632. The zero-order valence-corrected chi connectivity index (χ0v) is 45.5. The quantitative estimate of drug-likeness (QED) is 0.122. The maximum absolute atomic E-state index is 15.8. The van der Waals surface area contributed by atoms with Gasteiger partial charge in [-0.15, -0.1) is 0 Å². The Morgan fingerprint density at radius 1 is 0.641 bits per heavy atom. The Kier molecular flexibility index (Phi) is 14.3. The first-order valence-electron chi connectivity index (χ1n) is 26.8. The van der Waals surface area contributed by atoms with Crippen molar-refractivity contribution in [2.75, 3.05) is 55.1 Å². The molecular weight excluding hydrogens is 1020 g/mol. The van der Waals surface area contributed by atoms with Crippen molar-refractivity contribution in [2.45, 2.75) is 168 Å². The van der Waals surface area contributed by atoms with Crippen molar-refractivity contribution < 1.29 is 91.8 Å². The molecule has 1 amide bonds. The molecule has 10 rings (SSSR count). The third-order valence-corrected chi connectivity index (χ3v) is 17.6. The van der Waals surface area contributed by atoms with Gasteiger partial charge in [0.05, 0.1) is 81.3 Å². The van der Waals surface area contributed by atoms with Gasteiger partial charge in [-0.2, -0.15) is 0 Å². The Balaban J connectivity index is 1.03. The second-order valence-corrected chi connectivity index (χ2v) is 23.5. The molecule has 2 unspecified atom stereocenters. The summed E-state index contributed by atoms with van der Waals surface area (Å²) in [5.74, 6) is -3.63. The van der Waals surface area contributed by atoms with Gasteiger partial charge in [0, 0.05) is 19.1 Å². The topological polar surface area (TPSA) is 265 Å². The first-order valence-corrected chi connectivity index (χ1v) is 26.8. The number of nitrogens with zero attached hydrogens (tertiary/aromatic N) is 2. The second-order valence-electron chi connectivity index (χ2n) is 23.5. The number of carbonyl (C=O) groups excluding carboxylic acids is 5. The van der Waals surface area contributed by atoms with Gasteiger partial charge in [-0.25, -0.2) is 9.59 Å². The van der Waals surface area contributed by atoms with Crippen molar-refractivity contribution in [1.82, 2.24) is 9.80 Å². The van der Waals surface area contributed by atoms with E-state index in [9.17, 15) is 39.6 Å². The fourth-order valence-corrected chi connectivity index (χ4v) is 13.8. The maximum atomic E-state index is 15.8. The van der Waals surface area contributed by atoms with E-state index in [1.807, 2.05) is 41.3 Å². The summed E-state index contributed by atoms with van der Waals surface area (Å²) in [6, 6.07) is 7.15. The van der Waals surface area contributed by atoms with E-state index in [-0.39, 0.29) is 70.3 Å². The van der Waals surface area contributed by atoms with Crippen LogP contribution in [0.5, 0.6) is 23.0 Å². The predicted octanol–water partition coefficient (Wildman–Crippen LogP) is 3.91. The SMILES string of the molecule is COC(=O)C[C@](O)(CCC(C)(C)O)C(=O)O[C@@H]1C(OC)=CC23C[C@@H]([C@@H]4CCC56C=C(OC)[C@@H](OC(=O)[C@@](O)(CCCC(C)(C)O)CC(=O)OC)[C@H]5c5cc7c(cc5CCN46)OCO7)C(=O)N2CCc2cc4c(cc2[C@H]13)OCO4. The Hall–Kier alpha value is -6.13. The van der Waals surface area contributed by atoms with Gasteiger partial charge in [-0.1, -0.05) is 0 Å². The number of ether oxygens (including phenoxy) is 10. The van der Waals surface area contributed by atoms with E-state index in [1.54, 1.807) is 13.8 Å². The number of hydrogen-bond donors (Lipinski definition) is 4. The molecule has 21 heteroatoms. The third kappa shape index (κ3) is 9.59. The van der Waals surface area contributed by atoms with Gasteiger partial charge >= 0.3 is 23.9 Å². The van der Waals surface area contributed by atoms with Gasteiger partial charge in [-0.05, 0) is 151 Å². The molecule has 2 aromatic carbocycles. The summed E-state index contributed by atoms with van der Waals surface area (Å²) in [4.78, 5) is 75.0. The third-order valence-electron chi connectivity index (χ3n) is 17.6. The van der Waals surface area contributed by atoms with Crippen LogP contribution in [-0.2, 0) is 65.2 Å². The lowest BCUT2D eigenvalue weighted by Crippen LogP contribution is -2.53. The minimum atomic E-state index is -2.42. The molecule has 2 spiro atoms. The highest BCUT2D eigenvalue weighted by Crippen LogP contribution is 2.62. The van der Waals surface area contributed by atoms with Crippen LogP contribution >= 0.6 is 0 Å². The van der Waals surface area contributed by atoms with Crippen LogP contribution < -0.4 is 18.9 Å². The summed E-state index contributed by atoms with van der Waals surface area (Å²) in [5, 5.41) is 45.4. The number of hydrogen-bond acceptors (Lipinski definition) is 20. The molecule has 6 heterocycles. The van der Waals surface area contributed by atoms with Gasteiger partial charge in [0.15, 0.2) is 46.4 Å². The molecule has 0 aromatic heterocycles. The lowest BCUT2D eigenvalue weighted by molar-refractivity contribution is -0.179. The van der Waals surface area contributed by atoms with Crippen LogP contribution in [0.2, 0.25) is 0 Å². The molecule has 0 saturated carbocycles. The molecule has 2 aliphatic carbocycles. The minimum Gasteiger partial charge on any atom is -0.497 e. The Morgan fingerprint density at radius 3 is 1.62 bits per heavy atom. The van der Waals surface area contributed by atoms with Crippen LogP contribution in [-0.4, -0.2) is 167 Å². The van der Waals surface area contributed by atoms with Gasteiger partial charge in [0.25, 0.3) is 0 Å². The molecule has 78 heavy (non-hydrogen) atoms. The average molecular weight is 1090 g/mol. The minimum absolute atomic E-state index is 0.00789. The number of carbonyl (C=O) groups is 5. The van der Waals surface area contributed by atoms with Crippen LogP contribution in [0, 0.1) is 5.92 Å². The smallest absolute Gasteiger partial charge is 0.339 e. The monoisotopic (exact) mass is 1090 g/mol. The van der Waals surface area contributed by atoms with E-state index in [0.29, 0.717) is 61.0 Å². The van der Waals surface area contributed by atoms with E-state index in [2.05, 4.69) is 4.90 Å². The number of esters is 4. The van der Waals surface area contributed by atoms with Crippen LogP contribution in [0.4, 0.5) is 0 Å². The molecule has 4 N–H and O–H groups in total. The molecular formula is C57H72N2O19. The molecule has 2 aromatic rings. The summed E-state index contributed by atoms with van der Waals surface area (Å²) in [6.07, 6.45) is 1.89. The van der Waals surface area contributed by atoms with E-state index < -0.39 is 106 Å². The standard InChI is InChI=1S/C57H72N2O19/c1-52(2,65)13-9-14-56(67,27-43(60)71-7)50(63)77-47-41(69-5)25-54-15-10-36(58(54)18-11-31-20-37-39(75-29-73-37)22-33(31)45(47)54)35-24-55-26-42(70-6)48(78-51(64)57(68,28-44(61)72-8)17-16-53(3,4)66)46(55)34-23-40-38(74-30-76-40)21-32(34)12-19-59(55)49(35)62/h20-23,25-26,35-36,45-48,65-68H,9-19,24,27-30H2,1-8H3/t35-,36-,45+,46+,47+,48+,54?,55?,56+,57+/m0/s1. The number of aliphatic hydroxyl groups is 4. The lowest BCUT2D eigenvalue weighted by atomic mass is 9.75. The van der Waals surface area contributed by atoms with Crippen LogP contribution in [0.1, 0.15) is 126 Å². The molecule has 8 aliphatic rings. The van der Waals surface area contributed by atoms with Crippen molar-refractivity contribution in [3.8, 4) is 23.0 Å². The number of benzene rings is 2. The molecule has 424 valence electrons. The number of methoxy groups -OCH3 is 4. The summed E-state index contributed by atoms with van der Waals surface area (Å²) < 4.78 is 58.6. The van der Waals surface area contributed by atoms with Crippen molar-refractivity contribution in [3.63, 3.8) is 0 Å². The summed E-state index contributed by atoms with van der Waals surface area (Å²) in [7, 11) is 5.23. The predicted molar refractivity (Wildman–Crippen MR) is 272 cm³/mol. The van der Waals surface area contributed by atoms with Crippen molar-refractivity contribution in [1.29, 1.82) is 0 Å². The number of amides is 1. The number of rotatable bonds is 18. The first kappa shape index (κ1) is 55.2. The van der Waals surface area contributed by atoms with Crippen LogP contribution in [0.25, 0.3) is 0 Å². The van der Waals surface area contributed by atoms with E-state index >= 15 is 4.79 Å². The first-order chi connectivity index (χ1) is 36.9. The highest BCUT2D eigenvalue weighted by molar-refractivity contribution is 5.88. The fourth-order valence-electron chi connectivity index (χ4n) is 13.8. The lowest BCUT2D eigenvalue weighted by Gasteiger charge is -2.42. The molecule has 2 fully saturated rings. The van der Waals surface area contributed by atoms with Crippen molar-refractivity contribution >= 4 is 29.8 Å². The van der Waals surface area contributed by atoms with Gasteiger partial charge in [-0.3, -0.25) is 19.3 Å². The van der Waals surface area contributed by atoms with Crippen LogP contribution in [0.3, 0.4) is 0 Å². The Morgan fingerprint density at radius 2 is 1.12 bits per heavy atom. The van der Waals surface area contributed by atoms with Crippen molar-refractivity contribution in [3.05, 3.63) is 70.2 Å². The second kappa shape index (κ2) is 20.2. The highest BCUT2D eigenvalue weighted by Gasteiger charge is 2.68. The summed E-state index contributed by atoms with van der Waals surface area (Å²) in [5.41, 5.74) is -6.09.